The van der Waals surface area contributed by atoms with Crippen LogP contribution in [0.25, 0.3) is 0 Å². The Balaban J connectivity index is 2.10. The lowest BCUT2D eigenvalue weighted by Gasteiger charge is -2.19. The molecule has 3 heteroatoms. The second kappa shape index (κ2) is 5.16. The molecule has 1 aliphatic carbocycles. The van der Waals surface area contributed by atoms with E-state index < -0.39 is 0 Å². The van der Waals surface area contributed by atoms with Gasteiger partial charge >= 0.3 is 0 Å². The zero-order valence-corrected chi connectivity index (χ0v) is 11.3. The normalized spacial score (nSPS) is 19.6. The fourth-order valence-corrected chi connectivity index (χ4v) is 2.05. The number of rotatable bonds is 2. The lowest BCUT2D eigenvalue weighted by atomic mass is 10.1. The predicted octanol–water partition coefficient (Wildman–Crippen LogP) is 4.87. The van der Waals surface area contributed by atoms with Gasteiger partial charge in [-0.3, -0.25) is 0 Å². The van der Waals surface area contributed by atoms with Crippen molar-refractivity contribution in [3.8, 4) is 5.75 Å². The van der Waals surface area contributed by atoms with Crippen molar-refractivity contribution in [1.29, 1.82) is 0 Å². The van der Waals surface area contributed by atoms with E-state index in [2.05, 4.69) is 6.08 Å². The molecule has 0 saturated heterocycles. The molecule has 0 aromatic heterocycles. The maximum Gasteiger partial charge on any atom is 0.122 e. The molecular weight excluding hydrogens is 255 g/mol. The molecule has 17 heavy (non-hydrogen) atoms. The molecule has 0 heterocycles. The van der Waals surface area contributed by atoms with E-state index in [1.54, 1.807) is 0 Å². The molecule has 1 unspecified atom stereocenters. The smallest absolute Gasteiger partial charge is 0.122 e. The van der Waals surface area contributed by atoms with Crippen LogP contribution in [0.4, 0.5) is 0 Å². The Morgan fingerprint density at radius 3 is 2.65 bits per heavy atom. The second-order valence-electron chi connectivity index (χ2n) is 4.20. The van der Waals surface area contributed by atoms with Gasteiger partial charge in [0.05, 0.1) is 0 Å². The first-order chi connectivity index (χ1) is 8.06. The summed E-state index contributed by atoms with van der Waals surface area (Å²) in [5.74, 6) is 0.777. The van der Waals surface area contributed by atoms with Crippen molar-refractivity contribution >= 4 is 23.2 Å². The Morgan fingerprint density at radius 1 is 1.24 bits per heavy atom. The summed E-state index contributed by atoms with van der Waals surface area (Å²) in [6, 6.07) is 5.71. The van der Waals surface area contributed by atoms with Crippen LogP contribution >= 0.6 is 23.2 Å². The lowest BCUT2D eigenvalue weighted by molar-refractivity contribution is 0.251. The molecule has 0 spiro atoms. The molecule has 2 rings (SSSR count). The minimum Gasteiger partial charge on any atom is -0.486 e. The SMILES string of the molecule is CC1=CCC(Oc2ccc(C)c(Cl)c2)C=C1Cl. The van der Waals surface area contributed by atoms with Crippen LogP contribution in [-0.4, -0.2) is 6.10 Å². The molecule has 0 fully saturated rings. The topological polar surface area (TPSA) is 9.23 Å². The number of halogens is 2. The first-order valence-electron chi connectivity index (χ1n) is 5.53. The van der Waals surface area contributed by atoms with Crippen molar-refractivity contribution in [1.82, 2.24) is 0 Å². The van der Waals surface area contributed by atoms with Crippen molar-refractivity contribution < 1.29 is 4.74 Å². The Morgan fingerprint density at radius 2 is 2.00 bits per heavy atom. The van der Waals surface area contributed by atoms with Gasteiger partial charge in [0.15, 0.2) is 0 Å². The summed E-state index contributed by atoms with van der Waals surface area (Å²) in [6.07, 6.45) is 4.85. The van der Waals surface area contributed by atoms with Gasteiger partial charge < -0.3 is 4.74 Å². The van der Waals surface area contributed by atoms with Crippen LogP contribution in [-0.2, 0) is 0 Å². The van der Waals surface area contributed by atoms with E-state index in [0.29, 0.717) is 0 Å². The molecule has 0 amide bonds. The van der Waals surface area contributed by atoms with E-state index in [-0.39, 0.29) is 6.10 Å². The Bertz CT molecular complexity index is 489. The van der Waals surface area contributed by atoms with Crippen LogP contribution < -0.4 is 4.74 Å². The van der Waals surface area contributed by atoms with Gasteiger partial charge in [-0.25, -0.2) is 0 Å². The van der Waals surface area contributed by atoms with E-state index in [9.17, 15) is 0 Å². The minimum absolute atomic E-state index is 0.00928. The van der Waals surface area contributed by atoms with Crippen molar-refractivity contribution in [2.75, 3.05) is 0 Å². The number of aryl methyl sites for hydroxylation is 1. The Hall–Kier alpha value is -0.920. The Labute approximate surface area is 112 Å². The molecular formula is C14H14Cl2O. The third-order valence-electron chi connectivity index (χ3n) is 2.80. The summed E-state index contributed by atoms with van der Waals surface area (Å²) >= 11 is 12.1. The molecule has 0 aliphatic heterocycles. The number of benzene rings is 1. The quantitative estimate of drug-likeness (QED) is 0.744. The molecule has 0 N–H and O–H groups in total. The van der Waals surface area contributed by atoms with E-state index in [1.165, 1.54) is 0 Å². The first kappa shape index (κ1) is 12.5. The van der Waals surface area contributed by atoms with Crippen LogP contribution in [0.2, 0.25) is 5.02 Å². The van der Waals surface area contributed by atoms with Gasteiger partial charge in [0.25, 0.3) is 0 Å². The summed E-state index contributed by atoms with van der Waals surface area (Å²) < 4.78 is 5.82. The highest BCUT2D eigenvalue weighted by molar-refractivity contribution is 6.32. The maximum absolute atomic E-state index is 6.07. The monoisotopic (exact) mass is 268 g/mol. The van der Waals surface area contributed by atoms with E-state index in [1.807, 2.05) is 38.1 Å². The number of hydrogen-bond donors (Lipinski definition) is 0. The van der Waals surface area contributed by atoms with E-state index in [4.69, 9.17) is 27.9 Å². The highest BCUT2D eigenvalue weighted by Crippen LogP contribution is 2.27. The predicted molar refractivity (Wildman–Crippen MR) is 72.9 cm³/mol. The molecule has 0 radical (unpaired) electrons. The molecule has 1 aromatic carbocycles. The van der Waals surface area contributed by atoms with E-state index >= 15 is 0 Å². The summed E-state index contributed by atoms with van der Waals surface area (Å²) in [6.45, 7) is 3.97. The van der Waals surface area contributed by atoms with Crippen LogP contribution in [0.3, 0.4) is 0 Å². The van der Waals surface area contributed by atoms with E-state index in [0.717, 1.165) is 33.4 Å². The fourth-order valence-electron chi connectivity index (χ4n) is 1.66. The van der Waals surface area contributed by atoms with Crippen LogP contribution in [0.5, 0.6) is 5.75 Å². The zero-order chi connectivity index (χ0) is 12.4. The number of allylic oxidation sites excluding steroid dienone is 2. The average molecular weight is 269 g/mol. The molecule has 1 nitrogen and oxygen atoms in total. The summed E-state index contributed by atoms with van der Waals surface area (Å²) in [5, 5.41) is 1.49. The van der Waals surface area contributed by atoms with Gasteiger partial charge in [-0.2, -0.15) is 0 Å². The standard InChI is InChI=1S/C14H14Cl2O/c1-9-3-5-11(7-13(9)15)17-12-6-4-10(2)14(16)8-12/h3-5,7-8,12H,6H2,1-2H3. The second-order valence-corrected chi connectivity index (χ2v) is 5.02. The maximum atomic E-state index is 6.07. The average Bonchev–Trinajstić information content (AvgIpc) is 2.29. The third-order valence-corrected chi connectivity index (χ3v) is 3.63. The van der Waals surface area contributed by atoms with Gasteiger partial charge in [0.2, 0.25) is 0 Å². The van der Waals surface area contributed by atoms with Crippen molar-refractivity contribution in [3.05, 3.63) is 51.5 Å². The molecule has 0 bridgehead atoms. The molecule has 1 aromatic rings. The molecule has 1 aliphatic rings. The van der Waals surface area contributed by atoms with Gasteiger partial charge in [0.1, 0.15) is 11.9 Å². The molecule has 0 saturated carbocycles. The summed E-state index contributed by atoms with van der Waals surface area (Å²) in [4.78, 5) is 0. The minimum atomic E-state index is -0.00928. The van der Waals surface area contributed by atoms with Crippen molar-refractivity contribution in [2.45, 2.75) is 26.4 Å². The van der Waals surface area contributed by atoms with Crippen molar-refractivity contribution in [3.63, 3.8) is 0 Å². The van der Waals surface area contributed by atoms with Gasteiger partial charge in [0, 0.05) is 16.5 Å². The largest absolute Gasteiger partial charge is 0.486 e. The van der Waals surface area contributed by atoms with Crippen LogP contribution in [0.1, 0.15) is 18.9 Å². The highest BCUT2D eigenvalue weighted by Gasteiger charge is 2.13. The summed E-state index contributed by atoms with van der Waals surface area (Å²) in [5.41, 5.74) is 2.15. The highest BCUT2D eigenvalue weighted by atomic mass is 35.5. The third kappa shape index (κ3) is 3.05. The fraction of sp³-hybridized carbons (Fsp3) is 0.286. The van der Waals surface area contributed by atoms with Crippen molar-refractivity contribution in [2.24, 2.45) is 0 Å². The van der Waals surface area contributed by atoms with Crippen LogP contribution in [0.15, 0.2) is 41.0 Å². The zero-order valence-electron chi connectivity index (χ0n) is 9.84. The lowest BCUT2D eigenvalue weighted by Crippen LogP contribution is -2.15. The van der Waals surface area contributed by atoms with Gasteiger partial charge in [-0.1, -0.05) is 35.3 Å². The van der Waals surface area contributed by atoms with Crippen LogP contribution in [0, 0.1) is 6.92 Å². The number of hydrogen-bond acceptors (Lipinski definition) is 1. The molecule has 90 valence electrons. The summed E-state index contributed by atoms with van der Waals surface area (Å²) in [7, 11) is 0. The Kier molecular flexibility index (Phi) is 3.80. The molecule has 1 atom stereocenters. The number of ether oxygens (including phenoxy) is 1. The first-order valence-corrected chi connectivity index (χ1v) is 6.29. The van der Waals surface area contributed by atoms with Gasteiger partial charge in [-0.05, 0) is 43.2 Å². The van der Waals surface area contributed by atoms with Gasteiger partial charge in [-0.15, -0.1) is 0 Å².